The van der Waals surface area contributed by atoms with E-state index >= 15 is 0 Å². The highest BCUT2D eigenvalue weighted by atomic mass is 16.6. The van der Waals surface area contributed by atoms with Crippen molar-refractivity contribution in [3.05, 3.63) is 35.9 Å². The molecule has 0 unspecified atom stereocenters. The van der Waals surface area contributed by atoms with Crippen molar-refractivity contribution >= 4 is 13.7 Å². The standard InChI is InChI=1S/C20H34BN2O4/c1-14(2)12-17(23)26-21-27-20(5,6)19(3,4)25-18(24)16(22)13-15-10-8-7-9-11-15/h7-11,14,16-17H,12-13,22-23H2,1-6H3/t16-,17+/m0/s1. The maximum atomic E-state index is 12.4. The molecule has 0 saturated heterocycles. The molecule has 0 aromatic heterocycles. The first-order valence-electron chi connectivity index (χ1n) is 9.37. The Kier molecular flexibility index (Phi) is 8.95. The first-order valence-corrected chi connectivity index (χ1v) is 9.37. The molecule has 0 fully saturated rings. The number of carbonyl (C=O) groups is 1. The smallest absolute Gasteiger partial charge is 0.456 e. The van der Waals surface area contributed by atoms with Crippen molar-refractivity contribution in [2.45, 2.75) is 77.9 Å². The quantitative estimate of drug-likeness (QED) is 0.350. The number of hydrogen-bond donors (Lipinski definition) is 2. The van der Waals surface area contributed by atoms with Crippen LogP contribution in [0.2, 0.25) is 0 Å². The van der Waals surface area contributed by atoms with Gasteiger partial charge < -0.3 is 25.5 Å². The summed E-state index contributed by atoms with van der Waals surface area (Å²) >= 11 is 0. The Labute approximate surface area is 164 Å². The summed E-state index contributed by atoms with van der Waals surface area (Å²) in [5.74, 6) is -0.0529. The van der Waals surface area contributed by atoms with Crippen molar-refractivity contribution in [2.75, 3.05) is 0 Å². The number of hydrogen-bond acceptors (Lipinski definition) is 6. The zero-order valence-electron chi connectivity index (χ0n) is 17.4. The Morgan fingerprint density at radius 1 is 1.07 bits per heavy atom. The molecule has 2 atom stereocenters. The van der Waals surface area contributed by atoms with Gasteiger partial charge in [-0.2, -0.15) is 0 Å². The fraction of sp³-hybridized carbons (Fsp3) is 0.650. The zero-order valence-corrected chi connectivity index (χ0v) is 17.4. The monoisotopic (exact) mass is 377 g/mol. The average molecular weight is 377 g/mol. The lowest BCUT2D eigenvalue weighted by atomic mass is 9.88. The van der Waals surface area contributed by atoms with Crippen LogP contribution in [0.3, 0.4) is 0 Å². The molecule has 1 radical (unpaired) electrons. The minimum atomic E-state index is -0.930. The molecule has 1 rings (SSSR count). The molecule has 0 amide bonds. The fourth-order valence-electron chi connectivity index (χ4n) is 2.28. The summed E-state index contributed by atoms with van der Waals surface area (Å²) in [5.41, 5.74) is 11.1. The van der Waals surface area contributed by atoms with E-state index in [1.165, 1.54) is 7.69 Å². The minimum Gasteiger partial charge on any atom is -0.456 e. The molecule has 151 valence electrons. The molecule has 0 aliphatic carbocycles. The van der Waals surface area contributed by atoms with Gasteiger partial charge in [0.05, 0.1) is 11.8 Å². The van der Waals surface area contributed by atoms with Crippen LogP contribution in [-0.2, 0) is 25.3 Å². The van der Waals surface area contributed by atoms with Crippen molar-refractivity contribution in [3.63, 3.8) is 0 Å². The molecule has 6 nitrogen and oxygen atoms in total. The lowest BCUT2D eigenvalue weighted by Crippen LogP contribution is -2.53. The van der Waals surface area contributed by atoms with Crippen LogP contribution >= 0.6 is 0 Å². The van der Waals surface area contributed by atoms with Crippen LogP contribution in [0.1, 0.15) is 53.5 Å². The molecule has 4 N–H and O–H groups in total. The highest BCUT2D eigenvalue weighted by molar-refractivity contribution is 6.18. The van der Waals surface area contributed by atoms with Crippen LogP contribution in [0.4, 0.5) is 0 Å². The predicted molar refractivity (Wildman–Crippen MR) is 108 cm³/mol. The normalized spacial score (nSPS) is 14.7. The summed E-state index contributed by atoms with van der Waals surface area (Å²) in [4.78, 5) is 12.4. The second-order valence-electron chi connectivity index (χ2n) is 8.26. The second kappa shape index (κ2) is 10.2. The number of rotatable bonds is 11. The molecule has 0 spiro atoms. The van der Waals surface area contributed by atoms with Gasteiger partial charge in [0.15, 0.2) is 0 Å². The van der Waals surface area contributed by atoms with Crippen molar-refractivity contribution < 1.29 is 18.8 Å². The summed E-state index contributed by atoms with van der Waals surface area (Å²) in [6.07, 6.45) is 0.689. The maximum Gasteiger partial charge on any atom is 0.489 e. The van der Waals surface area contributed by atoms with E-state index in [4.69, 9.17) is 25.5 Å². The molecule has 0 heterocycles. The van der Waals surface area contributed by atoms with E-state index in [1.54, 1.807) is 13.8 Å². The molecule has 27 heavy (non-hydrogen) atoms. The molecule has 1 aromatic carbocycles. The lowest BCUT2D eigenvalue weighted by molar-refractivity contribution is -0.179. The van der Waals surface area contributed by atoms with Gasteiger partial charge in [-0.1, -0.05) is 44.2 Å². The third-order valence-electron chi connectivity index (χ3n) is 4.68. The first kappa shape index (κ1) is 23.6. The van der Waals surface area contributed by atoms with Gasteiger partial charge in [0.25, 0.3) is 0 Å². The van der Waals surface area contributed by atoms with Crippen LogP contribution in [0, 0.1) is 5.92 Å². The molecular weight excluding hydrogens is 343 g/mol. The van der Waals surface area contributed by atoms with Crippen LogP contribution in [-0.4, -0.2) is 37.1 Å². The van der Waals surface area contributed by atoms with E-state index in [2.05, 4.69) is 13.8 Å². The van der Waals surface area contributed by atoms with E-state index in [1.807, 2.05) is 44.2 Å². The van der Waals surface area contributed by atoms with Crippen molar-refractivity contribution in [2.24, 2.45) is 17.4 Å². The number of ether oxygens (including phenoxy) is 1. The summed E-state index contributed by atoms with van der Waals surface area (Å²) in [5, 5.41) is 0. The Hall–Kier alpha value is -1.41. The van der Waals surface area contributed by atoms with Crippen molar-refractivity contribution in [1.82, 2.24) is 0 Å². The van der Waals surface area contributed by atoms with Crippen LogP contribution in [0.15, 0.2) is 30.3 Å². The number of nitrogens with two attached hydrogens (primary N) is 2. The van der Waals surface area contributed by atoms with Crippen molar-refractivity contribution in [3.8, 4) is 0 Å². The third kappa shape index (κ3) is 8.01. The van der Waals surface area contributed by atoms with Crippen molar-refractivity contribution in [1.29, 1.82) is 0 Å². The summed E-state index contributed by atoms with van der Waals surface area (Å²) in [7, 11) is 1.23. The van der Waals surface area contributed by atoms with Crippen LogP contribution < -0.4 is 11.5 Å². The SMILES string of the molecule is CC(C)C[C@H](N)O[B]OC(C)(C)C(C)(C)OC(=O)[C@@H](N)Cc1ccccc1. The number of benzene rings is 1. The minimum absolute atomic E-state index is 0.413. The van der Waals surface area contributed by atoms with Gasteiger partial charge in [0.1, 0.15) is 11.6 Å². The fourth-order valence-corrected chi connectivity index (χ4v) is 2.28. The number of esters is 1. The molecule has 0 bridgehead atoms. The Balaban J connectivity index is 2.56. The van der Waals surface area contributed by atoms with Gasteiger partial charge >= 0.3 is 13.7 Å². The molecule has 7 heteroatoms. The first-order chi connectivity index (χ1) is 12.4. The van der Waals surface area contributed by atoms with Crippen LogP contribution in [0.25, 0.3) is 0 Å². The largest absolute Gasteiger partial charge is 0.489 e. The number of carbonyl (C=O) groups excluding carboxylic acids is 1. The average Bonchev–Trinajstić information content (AvgIpc) is 2.54. The second-order valence-corrected chi connectivity index (χ2v) is 8.26. The van der Waals surface area contributed by atoms with E-state index in [9.17, 15) is 4.79 Å². The molecule has 0 saturated carbocycles. The zero-order chi connectivity index (χ0) is 20.7. The Morgan fingerprint density at radius 2 is 1.67 bits per heavy atom. The summed E-state index contributed by atoms with van der Waals surface area (Å²) < 4.78 is 16.7. The van der Waals surface area contributed by atoms with Gasteiger partial charge in [-0.25, -0.2) is 0 Å². The summed E-state index contributed by atoms with van der Waals surface area (Å²) in [6.45, 7) is 11.3. The third-order valence-corrected chi connectivity index (χ3v) is 4.68. The highest BCUT2D eigenvalue weighted by Gasteiger charge is 2.42. The Morgan fingerprint density at radius 3 is 2.22 bits per heavy atom. The van der Waals surface area contributed by atoms with Gasteiger partial charge in [-0.15, -0.1) is 0 Å². The van der Waals surface area contributed by atoms with Gasteiger partial charge in [0, 0.05) is 0 Å². The van der Waals surface area contributed by atoms with E-state index in [-0.39, 0.29) is 0 Å². The molecular formula is C20H34BN2O4. The van der Waals surface area contributed by atoms with Gasteiger partial charge in [0.2, 0.25) is 0 Å². The van der Waals surface area contributed by atoms with E-state index in [0.717, 1.165) is 5.56 Å². The van der Waals surface area contributed by atoms with Crippen LogP contribution in [0.5, 0.6) is 0 Å². The molecule has 0 aliphatic rings. The maximum absolute atomic E-state index is 12.4. The topological polar surface area (TPSA) is 96.8 Å². The van der Waals surface area contributed by atoms with E-state index in [0.29, 0.717) is 18.8 Å². The molecule has 1 aromatic rings. The lowest BCUT2D eigenvalue weighted by Gasteiger charge is -2.41. The molecule has 0 aliphatic heterocycles. The van der Waals surface area contributed by atoms with Gasteiger partial charge in [-0.05, 0) is 52.0 Å². The Bertz CT molecular complexity index is 579. The van der Waals surface area contributed by atoms with Gasteiger partial charge in [-0.3, -0.25) is 4.79 Å². The highest BCUT2D eigenvalue weighted by Crippen LogP contribution is 2.29. The summed E-state index contributed by atoms with van der Waals surface area (Å²) in [6, 6.07) is 8.85. The van der Waals surface area contributed by atoms with E-state index < -0.39 is 29.4 Å². The predicted octanol–water partition coefficient (Wildman–Crippen LogP) is 2.56.